The first kappa shape index (κ1) is 16.3. The second-order valence-corrected chi connectivity index (χ2v) is 8.57. The number of rotatable bonds is 4. The number of hydrogen-bond acceptors (Lipinski definition) is 2. The third-order valence-corrected chi connectivity index (χ3v) is 5.36. The SMILES string of the molecule is CC1CC(N(CC2CCCNC2)C(C)C)CC(C)(C)C1. The highest BCUT2D eigenvalue weighted by Gasteiger charge is 2.36. The molecule has 2 heteroatoms. The predicted octanol–water partition coefficient (Wildman–Crippen LogP) is 3.91. The minimum atomic E-state index is 0.528. The summed E-state index contributed by atoms with van der Waals surface area (Å²) in [5.74, 6) is 1.75. The maximum atomic E-state index is 3.58. The lowest BCUT2D eigenvalue weighted by Crippen LogP contribution is -2.50. The molecular weight excluding hydrogens is 244 g/mol. The van der Waals surface area contributed by atoms with Gasteiger partial charge < -0.3 is 5.32 Å². The van der Waals surface area contributed by atoms with Gasteiger partial charge in [-0.25, -0.2) is 0 Å². The van der Waals surface area contributed by atoms with Crippen molar-refractivity contribution < 1.29 is 0 Å². The molecule has 1 saturated carbocycles. The summed E-state index contributed by atoms with van der Waals surface area (Å²) in [5, 5.41) is 3.58. The van der Waals surface area contributed by atoms with Crippen molar-refractivity contribution in [1.82, 2.24) is 10.2 Å². The standard InChI is InChI=1S/C18H36N2/c1-14(2)20(13-16-7-6-8-19-12-16)17-9-15(3)10-18(4,5)11-17/h14-17,19H,6-13H2,1-5H3. The average molecular weight is 280 g/mol. The van der Waals surface area contributed by atoms with Crippen molar-refractivity contribution in [2.24, 2.45) is 17.3 Å². The van der Waals surface area contributed by atoms with Crippen LogP contribution in [-0.4, -0.2) is 36.6 Å². The first-order chi connectivity index (χ1) is 9.37. The van der Waals surface area contributed by atoms with E-state index in [0.29, 0.717) is 11.5 Å². The average Bonchev–Trinajstić information content (AvgIpc) is 2.34. The van der Waals surface area contributed by atoms with E-state index in [1.54, 1.807) is 0 Å². The zero-order valence-electron chi connectivity index (χ0n) is 14.4. The minimum Gasteiger partial charge on any atom is -0.316 e. The zero-order valence-corrected chi connectivity index (χ0v) is 14.4. The van der Waals surface area contributed by atoms with E-state index in [4.69, 9.17) is 0 Å². The van der Waals surface area contributed by atoms with Crippen LogP contribution in [-0.2, 0) is 0 Å². The van der Waals surface area contributed by atoms with Crippen molar-refractivity contribution in [1.29, 1.82) is 0 Å². The molecule has 0 aromatic rings. The first-order valence-corrected chi connectivity index (χ1v) is 8.84. The summed E-state index contributed by atoms with van der Waals surface area (Å²) in [6, 6.07) is 1.48. The van der Waals surface area contributed by atoms with Crippen LogP contribution in [0.2, 0.25) is 0 Å². The van der Waals surface area contributed by atoms with E-state index in [2.05, 4.69) is 44.8 Å². The van der Waals surface area contributed by atoms with Gasteiger partial charge in [-0.3, -0.25) is 4.90 Å². The van der Waals surface area contributed by atoms with Crippen LogP contribution < -0.4 is 5.32 Å². The molecule has 0 radical (unpaired) electrons. The first-order valence-electron chi connectivity index (χ1n) is 8.84. The van der Waals surface area contributed by atoms with Gasteiger partial charge in [0.1, 0.15) is 0 Å². The Balaban J connectivity index is 1.99. The van der Waals surface area contributed by atoms with Crippen LogP contribution >= 0.6 is 0 Å². The van der Waals surface area contributed by atoms with Crippen LogP contribution in [0, 0.1) is 17.3 Å². The molecule has 1 heterocycles. The summed E-state index contributed by atoms with van der Waals surface area (Å²) >= 11 is 0. The monoisotopic (exact) mass is 280 g/mol. The van der Waals surface area contributed by atoms with E-state index in [1.165, 1.54) is 51.7 Å². The van der Waals surface area contributed by atoms with E-state index in [9.17, 15) is 0 Å². The summed E-state index contributed by atoms with van der Waals surface area (Å²) in [5.41, 5.74) is 0.528. The molecule has 3 unspecified atom stereocenters. The Morgan fingerprint density at radius 2 is 2.00 bits per heavy atom. The Kier molecular flexibility index (Phi) is 5.53. The topological polar surface area (TPSA) is 15.3 Å². The van der Waals surface area contributed by atoms with Crippen LogP contribution in [0.5, 0.6) is 0 Å². The Bertz CT molecular complexity index is 292. The van der Waals surface area contributed by atoms with Gasteiger partial charge in [-0.2, -0.15) is 0 Å². The largest absolute Gasteiger partial charge is 0.316 e. The molecule has 0 amide bonds. The van der Waals surface area contributed by atoms with E-state index in [1.807, 2.05) is 0 Å². The summed E-state index contributed by atoms with van der Waals surface area (Å²) in [6.07, 6.45) is 6.98. The molecule has 3 atom stereocenters. The Labute approximate surface area is 126 Å². The predicted molar refractivity (Wildman–Crippen MR) is 88.0 cm³/mol. The second kappa shape index (κ2) is 6.79. The van der Waals surface area contributed by atoms with Gasteiger partial charge in [-0.05, 0) is 76.3 Å². The fourth-order valence-electron chi connectivity index (χ4n) is 4.71. The molecule has 2 fully saturated rings. The number of piperidine rings is 1. The number of nitrogens with zero attached hydrogens (tertiary/aromatic N) is 1. The maximum absolute atomic E-state index is 3.58. The van der Waals surface area contributed by atoms with E-state index >= 15 is 0 Å². The smallest absolute Gasteiger partial charge is 0.0106 e. The maximum Gasteiger partial charge on any atom is 0.0106 e. The highest BCUT2D eigenvalue weighted by molar-refractivity contribution is 4.90. The summed E-state index contributed by atoms with van der Waals surface area (Å²) < 4.78 is 0. The van der Waals surface area contributed by atoms with Crippen LogP contribution in [0.1, 0.15) is 66.7 Å². The Morgan fingerprint density at radius 1 is 1.25 bits per heavy atom. The second-order valence-electron chi connectivity index (χ2n) is 8.57. The molecule has 2 rings (SSSR count). The van der Waals surface area contributed by atoms with Gasteiger partial charge in [-0.1, -0.05) is 20.8 Å². The summed E-state index contributed by atoms with van der Waals surface area (Å²) in [6.45, 7) is 15.9. The van der Waals surface area contributed by atoms with Crippen molar-refractivity contribution in [3.8, 4) is 0 Å². The van der Waals surface area contributed by atoms with Gasteiger partial charge in [0.2, 0.25) is 0 Å². The molecule has 1 aliphatic carbocycles. The van der Waals surface area contributed by atoms with E-state index in [-0.39, 0.29) is 0 Å². The van der Waals surface area contributed by atoms with Crippen LogP contribution in [0.3, 0.4) is 0 Å². The molecule has 0 spiro atoms. The lowest BCUT2D eigenvalue weighted by Gasteiger charge is -2.46. The van der Waals surface area contributed by atoms with Crippen LogP contribution in [0.15, 0.2) is 0 Å². The van der Waals surface area contributed by atoms with Gasteiger partial charge >= 0.3 is 0 Å². The molecule has 0 aromatic heterocycles. The molecule has 1 aliphatic heterocycles. The summed E-state index contributed by atoms with van der Waals surface area (Å²) in [7, 11) is 0. The van der Waals surface area contributed by atoms with Crippen LogP contribution in [0.25, 0.3) is 0 Å². The van der Waals surface area contributed by atoms with Gasteiger partial charge in [-0.15, -0.1) is 0 Å². The zero-order chi connectivity index (χ0) is 14.8. The summed E-state index contributed by atoms with van der Waals surface area (Å²) in [4.78, 5) is 2.83. The fourth-order valence-corrected chi connectivity index (χ4v) is 4.71. The van der Waals surface area contributed by atoms with Crippen molar-refractivity contribution >= 4 is 0 Å². The molecule has 1 N–H and O–H groups in total. The molecule has 118 valence electrons. The van der Waals surface area contributed by atoms with E-state index in [0.717, 1.165) is 17.9 Å². The number of hydrogen-bond donors (Lipinski definition) is 1. The molecule has 0 aromatic carbocycles. The lowest BCUT2D eigenvalue weighted by atomic mass is 9.70. The van der Waals surface area contributed by atoms with Crippen molar-refractivity contribution in [3.05, 3.63) is 0 Å². The third-order valence-electron chi connectivity index (χ3n) is 5.36. The van der Waals surface area contributed by atoms with Gasteiger partial charge in [0.25, 0.3) is 0 Å². The number of nitrogens with one attached hydrogen (secondary N) is 1. The Morgan fingerprint density at radius 3 is 2.55 bits per heavy atom. The van der Waals surface area contributed by atoms with Crippen molar-refractivity contribution in [3.63, 3.8) is 0 Å². The Hall–Kier alpha value is -0.0800. The third kappa shape index (κ3) is 4.46. The van der Waals surface area contributed by atoms with Gasteiger partial charge in [0.05, 0.1) is 0 Å². The van der Waals surface area contributed by atoms with Crippen molar-refractivity contribution in [2.75, 3.05) is 19.6 Å². The van der Waals surface area contributed by atoms with E-state index < -0.39 is 0 Å². The lowest BCUT2D eigenvalue weighted by molar-refractivity contribution is 0.0345. The minimum absolute atomic E-state index is 0.528. The highest BCUT2D eigenvalue weighted by Crippen LogP contribution is 2.41. The highest BCUT2D eigenvalue weighted by atomic mass is 15.2. The molecule has 2 aliphatic rings. The quantitative estimate of drug-likeness (QED) is 0.840. The molecular formula is C18H36N2. The van der Waals surface area contributed by atoms with Crippen LogP contribution in [0.4, 0.5) is 0 Å². The molecule has 20 heavy (non-hydrogen) atoms. The van der Waals surface area contributed by atoms with Gasteiger partial charge in [0.15, 0.2) is 0 Å². The molecule has 2 nitrogen and oxygen atoms in total. The van der Waals surface area contributed by atoms with Crippen molar-refractivity contribution in [2.45, 2.75) is 78.8 Å². The molecule has 0 bridgehead atoms. The van der Waals surface area contributed by atoms with Gasteiger partial charge in [0, 0.05) is 18.6 Å². The normalized spacial score (nSPS) is 34.6. The fraction of sp³-hybridized carbons (Fsp3) is 1.00. The molecule has 1 saturated heterocycles.